The van der Waals surface area contributed by atoms with Crippen LogP contribution in [0.2, 0.25) is 5.02 Å². The Morgan fingerprint density at radius 1 is 1.38 bits per heavy atom. The summed E-state index contributed by atoms with van der Waals surface area (Å²) >= 11 is 6.13. The molecule has 0 saturated heterocycles. The lowest BCUT2D eigenvalue weighted by Crippen LogP contribution is -1.81. The molecule has 68 valence electrons. The second kappa shape index (κ2) is 5.06. The maximum Gasteiger partial charge on any atom is 0.205 e. The van der Waals surface area contributed by atoms with Crippen LogP contribution < -0.4 is 0 Å². The first-order valence-corrected chi connectivity index (χ1v) is 5.08. The molecule has 0 atom stereocenters. The van der Waals surface area contributed by atoms with Gasteiger partial charge in [-0.2, -0.15) is 8.57 Å². The van der Waals surface area contributed by atoms with Gasteiger partial charge in [0.2, 0.25) is 11.5 Å². The molecule has 0 saturated carbocycles. The van der Waals surface area contributed by atoms with E-state index < -0.39 is 0 Å². The largest absolute Gasteiger partial charge is 0.212 e. The number of benzene rings is 1. The van der Waals surface area contributed by atoms with Crippen molar-refractivity contribution >= 4 is 45.4 Å². The van der Waals surface area contributed by atoms with E-state index >= 15 is 0 Å². The van der Waals surface area contributed by atoms with E-state index in [0.717, 1.165) is 0 Å². The van der Waals surface area contributed by atoms with Crippen molar-refractivity contribution in [2.24, 2.45) is 4.36 Å². The zero-order valence-corrected chi connectivity index (χ0v) is 8.66. The van der Waals surface area contributed by atoms with E-state index in [1.54, 1.807) is 18.2 Å². The van der Waals surface area contributed by atoms with Crippen LogP contribution in [0.3, 0.4) is 0 Å². The summed E-state index contributed by atoms with van der Waals surface area (Å²) in [6, 6.07) is 4.98. The molecule has 1 aromatic carbocycles. The van der Waals surface area contributed by atoms with Crippen molar-refractivity contribution in [2.75, 3.05) is 0 Å². The molecule has 6 heteroatoms. The van der Waals surface area contributed by atoms with Crippen LogP contribution in [0.25, 0.3) is 0 Å². The van der Waals surface area contributed by atoms with E-state index in [1.165, 1.54) is 5.37 Å². The van der Waals surface area contributed by atoms with Gasteiger partial charge in [-0.3, -0.25) is 0 Å². The van der Waals surface area contributed by atoms with Crippen molar-refractivity contribution in [1.29, 1.82) is 0 Å². The van der Waals surface area contributed by atoms with E-state index in [0.29, 0.717) is 27.5 Å². The lowest BCUT2D eigenvalue weighted by atomic mass is 10.2. The van der Waals surface area contributed by atoms with E-state index in [9.17, 15) is 8.42 Å². The van der Waals surface area contributed by atoms with Gasteiger partial charge in [0.1, 0.15) is 5.69 Å². The average molecular weight is 234 g/mol. The van der Waals surface area contributed by atoms with Gasteiger partial charge in [0.05, 0.1) is 16.3 Å². The summed E-state index contributed by atoms with van der Waals surface area (Å²) in [7, 11) is 0. The Morgan fingerprint density at radius 2 is 2.15 bits per heavy atom. The predicted molar refractivity (Wildman–Crippen MR) is 55.0 cm³/mol. The fourth-order valence-electron chi connectivity index (χ4n) is 0.813. The summed E-state index contributed by atoms with van der Waals surface area (Å²) in [4.78, 5) is 0. The zero-order valence-electron chi connectivity index (χ0n) is 6.27. The van der Waals surface area contributed by atoms with Crippen LogP contribution in [0.4, 0.5) is 5.69 Å². The second-order valence-corrected chi connectivity index (χ2v) is 3.22. The molecule has 3 nitrogen and oxygen atoms in total. The minimum absolute atomic E-state index is 0.0682. The Morgan fingerprint density at radius 3 is 2.77 bits per heavy atom. The molecule has 0 aliphatic carbocycles. The van der Waals surface area contributed by atoms with Gasteiger partial charge in [-0.15, -0.1) is 0 Å². The van der Waals surface area contributed by atoms with Gasteiger partial charge in [-0.25, -0.2) is 4.21 Å². The number of halogens is 1. The van der Waals surface area contributed by atoms with Gasteiger partial charge < -0.3 is 0 Å². The highest BCUT2D eigenvalue weighted by atomic mass is 35.5. The summed E-state index contributed by atoms with van der Waals surface area (Å²) in [5, 5.41) is 1.71. The fraction of sp³-hybridized carbons (Fsp3) is 0. The zero-order chi connectivity index (χ0) is 9.68. The Kier molecular flexibility index (Phi) is 4.01. The molecule has 1 aromatic rings. The summed E-state index contributed by atoms with van der Waals surface area (Å²) < 4.78 is 24.0. The monoisotopic (exact) mass is 233 g/mol. The fourth-order valence-corrected chi connectivity index (χ4v) is 1.66. The van der Waals surface area contributed by atoms with Crippen molar-refractivity contribution < 1.29 is 8.42 Å². The summed E-state index contributed by atoms with van der Waals surface area (Å²) in [6.07, 6.45) is 0. The highest BCUT2D eigenvalue weighted by molar-refractivity contribution is 7.65. The third-order valence-electron chi connectivity index (χ3n) is 1.32. The van der Waals surface area contributed by atoms with Crippen LogP contribution in [0, 0.1) is 0 Å². The van der Waals surface area contributed by atoms with Gasteiger partial charge in [0.25, 0.3) is 0 Å². The highest BCUT2D eigenvalue weighted by Crippen LogP contribution is 2.27. The van der Waals surface area contributed by atoms with Crippen molar-refractivity contribution in [3.05, 3.63) is 28.8 Å². The van der Waals surface area contributed by atoms with E-state index in [1.807, 2.05) is 0 Å². The van der Waals surface area contributed by atoms with Gasteiger partial charge >= 0.3 is 0 Å². The van der Waals surface area contributed by atoms with Crippen molar-refractivity contribution in [2.45, 2.75) is 0 Å². The Hall–Kier alpha value is -0.780. The normalized spacial score (nSPS) is 9.00. The summed E-state index contributed by atoms with van der Waals surface area (Å²) in [5.74, 6) is 0. The lowest BCUT2D eigenvalue weighted by Gasteiger charge is -1.98. The lowest BCUT2D eigenvalue weighted by molar-refractivity contribution is 0.698. The summed E-state index contributed by atoms with van der Waals surface area (Å²) in [5.41, 5.74) is 0.920. The van der Waals surface area contributed by atoms with Crippen LogP contribution >= 0.6 is 11.6 Å². The smallest absolute Gasteiger partial charge is 0.205 e. The van der Waals surface area contributed by atoms with Crippen LogP contribution in [-0.2, 0) is 22.7 Å². The molecule has 0 aromatic heterocycles. The minimum Gasteiger partial charge on any atom is -0.212 e. The van der Waals surface area contributed by atoms with Crippen LogP contribution in [-0.4, -0.2) is 13.8 Å². The van der Waals surface area contributed by atoms with Gasteiger partial charge in [0, 0.05) is 10.9 Å². The topological polar surface area (TPSA) is 46.5 Å². The Labute approximate surface area is 87.1 Å². The predicted octanol–water partition coefficient (Wildman–Crippen LogP) is 1.73. The standard InChI is InChI=1S/C7H4ClNO2S2/c8-6-3-1-2-5(4-12-10)7(6)9-13-11/h1-4H. The third kappa shape index (κ3) is 2.58. The third-order valence-corrected chi connectivity index (χ3v) is 2.23. The molecular formula is C7H4ClNO2S2. The second-order valence-electron chi connectivity index (χ2n) is 2.06. The minimum atomic E-state index is 0.0682. The molecule has 0 fully saturated rings. The van der Waals surface area contributed by atoms with Crippen molar-refractivity contribution in [3.63, 3.8) is 0 Å². The van der Waals surface area contributed by atoms with Crippen molar-refractivity contribution in [3.8, 4) is 0 Å². The molecule has 0 N–H and O–H groups in total. The number of hydrogen-bond donors (Lipinski definition) is 0. The first-order chi connectivity index (χ1) is 6.29. The van der Waals surface area contributed by atoms with Gasteiger partial charge in [0.15, 0.2) is 0 Å². The molecule has 0 heterocycles. The van der Waals surface area contributed by atoms with E-state index in [-0.39, 0.29) is 11.5 Å². The molecule has 0 aliphatic heterocycles. The van der Waals surface area contributed by atoms with Crippen LogP contribution in [0.5, 0.6) is 0 Å². The molecule has 0 spiro atoms. The Balaban J connectivity index is 3.41. The highest BCUT2D eigenvalue weighted by Gasteiger charge is 2.02. The van der Waals surface area contributed by atoms with Crippen LogP contribution in [0.15, 0.2) is 22.6 Å². The number of hydrogen-bond acceptors (Lipinski definition) is 3. The average Bonchev–Trinajstić information content (AvgIpc) is 2.11. The van der Waals surface area contributed by atoms with E-state index in [2.05, 4.69) is 4.36 Å². The molecule has 13 heavy (non-hydrogen) atoms. The maximum atomic E-state index is 10.3. The molecule has 0 amide bonds. The SMILES string of the molecule is O=S=Cc1cccc(Cl)c1N=S=O. The molecular weight excluding hydrogens is 230 g/mol. The molecule has 1 rings (SSSR count). The number of rotatable bonds is 2. The quantitative estimate of drug-likeness (QED) is 0.731. The Bertz CT molecular complexity index is 423. The van der Waals surface area contributed by atoms with Gasteiger partial charge in [-0.05, 0) is 6.07 Å². The first kappa shape index (κ1) is 10.3. The van der Waals surface area contributed by atoms with Gasteiger partial charge in [-0.1, -0.05) is 23.7 Å². The van der Waals surface area contributed by atoms with E-state index in [4.69, 9.17) is 11.6 Å². The molecule has 0 radical (unpaired) electrons. The summed E-state index contributed by atoms with van der Waals surface area (Å²) in [6.45, 7) is 0. The number of nitrogens with zero attached hydrogens (tertiary/aromatic N) is 1. The molecule has 0 unspecified atom stereocenters. The van der Waals surface area contributed by atoms with Crippen molar-refractivity contribution in [1.82, 2.24) is 0 Å². The molecule has 0 aliphatic rings. The van der Waals surface area contributed by atoms with Crippen LogP contribution in [0.1, 0.15) is 5.56 Å². The maximum absolute atomic E-state index is 10.3. The first-order valence-electron chi connectivity index (χ1n) is 3.20. The molecule has 0 bridgehead atoms.